The number of nitro groups is 1. The molecule has 0 spiro atoms. The third-order valence-corrected chi connectivity index (χ3v) is 14.3. The van der Waals surface area contributed by atoms with Crippen LogP contribution in [-0.4, -0.2) is 117 Å². The molecular weight excluding hydrogens is 872 g/mol. The zero-order valence-electron chi connectivity index (χ0n) is 36.6. The number of nitrogens with one attached hydrogen (secondary N) is 3. The molecule has 3 N–H and O–H groups in total. The molecule has 5 aromatic rings. The van der Waals surface area contributed by atoms with E-state index < -0.39 is 31.4 Å². The first kappa shape index (κ1) is 44.5. The van der Waals surface area contributed by atoms with Gasteiger partial charge < -0.3 is 29.4 Å². The summed E-state index contributed by atoms with van der Waals surface area (Å²) in [5.74, 6) is -0.526. The van der Waals surface area contributed by atoms with Crippen molar-refractivity contribution in [3.8, 4) is 17.2 Å². The highest BCUT2D eigenvalue weighted by molar-refractivity contribution is 7.90. The SMILES string of the molecule is C[C@@H]1CN(C[C@@H]2COc3cc(S(=O)(=O)NC(=O)c4ccc(N5CCN(CC6=C(c7ccc(Cl)cc7)CC(C)(C)CC6)CC5)cc4Oc4cnc5[nH]ccc5c4)cc([N+](=O)[O-])c3N2)CCO1. The number of aromatic nitrogens is 2. The van der Waals surface area contributed by atoms with E-state index in [4.69, 9.17) is 25.8 Å². The minimum atomic E-state index is -4.66. The van der Waals surface area contributed by atoms with E-state index in [-0.39, 0.29) is 46.9 Å². The average molecular weight is 926 g/mol. The van der Waals surface area contributed by atoms with Crippen molar-refractivity contribution in [2.45, 2.75) is 57.1 Å². The maximum atomic E-state index is 14.1. The number of piperazine rings is 1. The highest BCUT2D eigenvalue weighted by atomic mass is 35.5. The highest BCUT2D eigenvalue weighted by Gasteiger charge is 2.34. The van der Waals surface area contributed by atoms with Gasteiger partial charge in [-0.15, -0.1) is 0 Å². The van der Waals surface area contributed by atoms with Crippen molar-refractivity contribution in [2.24, 2.45) is 5.41 Å². The summed E-state index contributed by atoms with van der Waals surface area (Å²) in [5.41, 5.74) is 5.30. The Bertz CT molecular complexity index is 2750. The molecule has 65 heavy (non-hydrogen) atoms. The molecule has 3 aliphatic heterocycles. The molecule has 5 heterocycles. The number of benzene rings is 3. The van der Waals surface area contributed by atoms with Crippen molar-refractivity contribution in [1.29, 1.82) is 0 Å². The smallest absolute Gasteiger partial charge is 0.297 e. The quantitative estimate of drug-likeness (QED) is 0.0818. The van der Waals surface area contributed by atoms with Gasteiger partial charge in [0.25, 0.3) is 21.6 Å². The fourth-order valence-corrected chi connectivity index (χ4v) is 10.4. The Balaban J connectivity index is 0.935. The first-order chi connectivity index (χ1) is 31.2. The van der Waals surface area contributed by atoms with Crippen LogP contribution in [0, 0.1) is 15.5 Å². The van der Waals surface area contributed by atoms with Crippen LogP contribution in [0.25, 0.3) is 16.6 Å². The lowest BCUT2D eigenvalue weighted by Crippen LogP contribution is -2.48. The normalized spacial score (nSPS) is 20.5. The number of fused-ring (bicyclic) bond motifs is 2. The van der Waals surface area contributed by atoms with E-state index in [9.17, 15) is 23.3 Å². The number of sulfonamides is 1. The summed E-state index contributed by atoms with van der Waals surface area (Å²) in [4.78, 5) is 39.6. The number of morpholine rings is 1. The second-order valence-electron chi connectivity index (χ2n) is 18.2. The van der Waals surface area contributed by atoms with Crippen LogP contribution in [0.15, 0.2) is 89.6 Å². The predicted molar refractivity (Wildman–Crippen MR) is 250 cm³/mol. The number of carbonyl (C=O) groups is 1. The second-order valence-corrected chi connectivity index (χ2v) is 20.3. The maximum absolute atomic E-state index is 14.1. The third kappa shape index (κ3) is 10.1. The van der Waals surface area contributed by atoms with Gasteiger partial charge in [-0.1, -0.05) is 43.2 Å². The molecule has 2 aromatic heterocycles. The zero-order chi connectivity index (χ0) is 45.5. The van der Waals surface area contributed by atoms with Gasteiger partial charge in [-0.2, -0.15) is 0 Å². The van der Waals surface area contributed by atoms with Crippen molar-refractivity contribution < 1.29 is 32.3 Å². The molecule has 1 aliphatic carbocycles. The molecule has 16 nitrogen and oxygen atoms in total. The number of aromatic amines is 1. The Morgan fingerprint density at radius 3 is 2.62 bits per heavy atom. The van der Waals surface area contributed by atoms with Crippen molar-refractivity contribution in [3.63, 3.8) is 0 Å². The van der Waals surface area contributed by atoms with Crippen molar-refractivity contribution in [1.82, 2.24) is 24.5 Å². The molecule has 0 saturated carbocycles. The molecule has 9 rings (SSSR count). The Hall–Kier alpha value is -5.72. The van der Waals surface area contributed by atoms with Gasteiger partial charge in [-0.3, -0.25) is 24.7 Å². The Labute approximate surface area is 383 Å². The topological polar surface area (TPSA) is 184 Å². The minimum absolute atomic E-state index is 0.00107. The number of hydrogen-bond acceptors (Lipinski definition) is 13. The monoisotopic (exact) mass is 924 g/mol. The van der Waals surface area contributed by atoms with E-state index in [1.165, 1.54) is 35.0 Å². The number of amides is 1. The van der Waals surface area contributed by atoms with Crippen LogP contribution in [0.3, 0.4) is 0 Å². The second kappa shape index (κ2) is 18.3. The lowest BCUT2D eigenvalue weighted by Gasteiger charge is -2.39. The van der Waals surface area contributed by atoms with E-state index in [1.54, 1.807) is 24.4 Å². The van der Waals surface area contributed by atoms with Gasteiger partial charge in [-0.25, -0.2) is 18.1 Å². The number of halogens is 1. The molecule has 0 bridgehead atoms. The number of rotatable bonds is 12. The number of pyridine rings is 1. The number of H-pyrrole nitrogens is 1. The number of nitrogens with zero attached hydrogens (tertiary/aromatic N) is 5. The number of carbonyl (C=O) groups excluding carboxylic acids is 1. The van der Waals surface area contributed by atoms with E-state index >= 15 is 0 Å². The van der Waals surface area contributed by atoms with Crippen LogP contribution in [0.4, 0.5) is 17.1 Å². The van der Waals surface area contributed by atoms with Crippen molar-refractivity contribution in [2.75, 3.05) is 75.8 Å². The number of nitro benzene ring substituents is 1. The Morgan fingerprint density at radius 2 is 1.85 bits per heavy atom. The molecule has 0 unspecified atom stereocenters. The summed E-state index contributed by atoms with van der Waals surface area (Å²) in [7, 11) is -4.66. The zero-order valence-corrected chi connectivity index (χ0v) is 38.2. The summed E-state index contributed by atoms with van der Waals surface area (Å²) in [6, 6.07) is 18.7. The van der Waals surface area contributed by atoms with Gasteiger partial charge in [0.05, 0.1) is 40.3 Å². The average Bonchev–Trinajstić information content (AvgIpc) is 3.75. The lowest BCUT2D eigenvalue weighted by molar-refractivity contribution is -0.384. The minimum Gasteiger partial charge on any atom is -0.489 e. The number of anilines is 2. The van der Waals surface area contributed by atoms with Gasteiger partial charge in [0, 0.05) is 92.9 Å². The van der Waals surface area contributed by atoms with E-state index in [0.29, 0.717) is 50.7 Å². The van der Waals surface area contributed by atoms with Gasteiger partial charge >= 0.3 is 0 Å². The fraction of sp³-hybridized carbons (Fsp3) is 0.404. The van der Waals surface area contributed by atoms with Crippen LogP contribution >= 0.6 is 11.6 Å². The molecule has 342 valence electrons. The Morgan fingerprint density at radius 1 is 1.05 bits per heavy atom. The highest BCUT2D eigenvalue weighted by Crippen LogP contribution is 2.44. The number of hydrogen-bond donors (Lipinski definition) is 3. The molecule has 18 heteroatoms. The molecule has 1 amide bonds. The summed E-state index contributed by atoms with van der Waals surface area (Å²) in [5, 5.41) is 17.1. The summed E-state index contributed by atoms with van der Waals surface area (Å²) >= 11 is 6.25. The molecule has 2 fully saturated rings. The molecular formula is C47H53ClN8O8S. The number of ether oxygens (including phenoxy) is 3. The fourth-order valence-electron chi connectivity index (χ4n) is 9.25. The summed E-state index contributed by atoms with van der Waals surface area (Å²) in [6.07, 6.45) is 6.52. The van der Waals surface area contributed by atoms with Crippen LogP contribution in [0.2, 0.25) is 5.02 Å². The van der Waals surface area contributed by atoms with Gasteiger partial charge in [0.1, 0.15) is 23.8 Å². The largest absolute Gasteiger partial charge is 0.489 e. The van der Waals surface area contributed by atoms with Crippen LogP contribution in [0.1, 0.15) is 56.0 Å². The Kier molecular flexibility index (Phi) is 12.5. The molecule has 2 saturated heterocycles. The lowest BCUT2D eigenvalue weighted by atomic mass is 9.72. The predicted octanol–water partition coefficient (Wildman–Crippen LogP) is 7.72. The standard InChI is InChI=1S/C47H53ClN8O8S/c1-30-26-54(18-19-62-30)28-35-29-63-43-23-38(22-41(56(58)59)44(43)51-35)65(60,61)52-46(57)39-9-8-36(21-42(39)64-37-20-32-11-13-49-45(32)50-25-37)55-16-14-53(15-17-55)27-33-10-12-47(2,3)24-40(33)31-4-6-34(48)7-5-31/h4-9,11,13,20-23,25,30,35,51H,10,12,14-19,24,26-29H2,1-3H3,(H,49,50)(H,52,57)/t30-,35-/m1/s1. The van der Waals surface area contributed by atoms with Gasteiger partial charge in [-0.05, 0) is 79.1 Å². The van der Waals surface area contributed by atoms with Crippen LogP contribution < -0.4 is 24.4 Å². The first-order valence-corrected chi connectivity index (χ1v) is 23.8. The molecule has 2 atom stereocenters. The van der Waals surface area contributed by atoms with E-state index in [1.807, 2.05) is 25.1 Å². The van der Waals surface area contributed by atoms with Gasteiger partial charge in [0.2, 0.25) is 0 Å². The molecule has 4 aliphatic rings. The van der Waals surface area contributed by atoms with E-state index in [0.717, 1.165) is 61.1 Å². The van der Waals surface area contributed by atoms with Crippen LogP contribution in [0.5, 0.6) is 17.2 Å². The molecule has 0 radical (unpaired) electrons. The van der Waals surface area contributed by atoms with Crippen LogP contribution in [-0.2, 0) is 14.8 Å². The molecule has 3 aromatic carbocycles. The van der Waals surface area contributed by atoms with E-state index in [2.05, 4.69) is 60.7 Å². The first-order valence-electron chi connectivity index (χ1n) is 22.0. The summed E-state index contributed by atoms with van der Waals surface area (Å²) in [6.45, 7) is 13.3. The number of allylic oxidation sites excluding steroid dienone is 1. The summed E-state index contributed by atoms with van der Waals surface area (Å²) < 4.78 is 47.9. The van der Waals surface area contributed by atoms with Crippen molar-refractivity contribution in [3.05, 3.63) is 111 Å². The van der Waals surface area contributed by atoms with Crippen molar-refractivity contribution >= 4 is 61.2 Å². The maximum Gasteiger partial charge on any atom is 0.297 e. The van der Waals surface area contributed by atoms with Gasteiger partial charge in [0.15, 0.2) is 11.4 Å². The third-order valence-electron chi connectivity index (χ3n) is 12.7.